The minimum absolute atomic E-state index is 0.000692. The maximum atomic E-state index is 12.4. The average molecular weight is 416 g/mol. The van der Waals surface area contributed by atoms with Gasteiger partial charge in [0.25, 0.3) is 0 Å². The summed E-state index contributed by atoms with van der Waals surface area (Å²) in [5, 5.41) is 7.26. The normalized spacial score (nSPS) is 10.6. The highest BCUT2D eigenvalue weighted by Gasteiger charge is 2.11. The fraction of sp³-hybridized carbons (Fsp3) is 0.158. The van der Waals surface area contributed by atoms with E-state index in [0.29, 0.717) is 21.6 Å². The van der Waals surface area contributed by atoms with Crippen molar-refractivity contribution in [2.45, 2.75) is 17.7 Å². The first-order valence-corrected chi connectivity index (χ1v) is 10.5. The Bertz CT molecular complexity index is 995. The largest absolute Gasteiger partial charge is 0.326 e. The van der Waals surface area contributed by atoms with Crippen molar-refractivity contribution >= 4 is 52.7 Å². The lowest BCUT2D eigenvalue weighted by Gasteiger charge is -2.04. The Kier molecular flexibility index (Phi) is 6.54. The van der Waals surface area contributed by atoms with Gasteiger partial charge in [-0.2, -0.15) is 0 Å². The van der Waals surface area contributed by atoms with E-state index in [9.17, 15) is 9.59 Å². The molecule has 0 spiro atoms. The number of rotatable bonds is 7. The molecule has 3 rings (SSSR count). The lowest BCUT2D eigenvalue weighted by Crippen LogP contribution is -2.09. The smallest absolute Gasteiger partial charge is 0.224 e. The molecular weight excluding hydrogens is 398 g/mol. The molecule has 0 atom stereocenters. The van der Waals surface area contributed by atoms with E-state index in [1.165, 1.54) is 23.1 Å². The van der Waals surface area contributed by atoms with Gasteiger partial charge in [-0.25, -0.2) is 4.68 Å². The monoisotopic (exact) mass is 415 g/mol. The lowest BCUT2D eigenvalue weighted by molar-refractivity contribution is -0.115. The van der Waals surface area contributed by atoms with E-state index in [1.807, 2.05) is 30.3 Å². The summed E-state index contributed by atoms with van der Waals surface area (Å²) in [6.07, 6.45) is 0.416. The quantitative estimate of drug-likeness (QED) is 0.335. The third kappa shape index (κ3) is 5.12. The first-order chi connectivity index (χ1) is 13.1. The van der Waals surface area contributed by atoms with E-state index < -0.39 is 0 Å². The first kappa shape index (κ1) is 19.5. The number of hydrogen-bond acceptors (Lipinski definition) is 6. The SMILES string of the molecule is CCC(=O)Nc1ccc(C(=O)CSc2nn(-c3ccccc3)c(=S)s2)cc1. The molecule has 5 nitrogen and oxygen atoms in total. The number of carbonyl (C=O) groups is 2. The van der Waals surface area contributed by atoms with Gasteiger partial charge in [0.05, 0.1) is 11.4 Å². The van der Waals surface area contributed by atoms with Crippen molar-refractivity contribution in [2.75, 3.05) is 11.1 Å². The van der Waals surface area contributed by atoms with E-state index in [4.69, 9.17) is 12.2 Å². The molecule has 0 aliphatic carbocycles. The molecule has 0 unspecified atom stereocenters. The number of nitrogens with zero attached hydrogens (tertiary/aromatic N) is 2. The van der Waals surface area contributed by atoms with Gasteiger partial charge in [0.1, 0.15) is 0 Å². The summed E-state index contributed by atoms with van der Waals surface area (Å²) in [5.74, 6) is 0.221. The van der Waals surface area contributed by atoms with Crippen molar-refractivity contribution in [3.05, 3.63) is 64.1 Å². The lowest BCUT2D eigenvalue weighted by atomic mass is 10.1. The predicted molar refractivity (Wildman–Crippen MR) is 113 cm³/mol. The number of ketones is 1. The number of thioether (sulfide) groups is 1. The van der Waals surface area contributed by atoms with Gasteiger partial charge in [0.2, 0.25) is 5.91 Å². The zero-order valence-electron chi connectivity index (χ0n) is 14.5. The van der Waals surface area contributed by atoms with Gasteiger partial charge in [0.15, 0.2) is 14.1 Å². The standard InChI is InChI=1S/C19H17N3O2S3/c1-2-17(24)20-14-10-8-13(9-11-14)16(23)12-26-18-21-22(19(25)27-18)15-6-4-3-5-7-15/h3-11H,2,12H2,1H3,(H,20,24). The third-order valence-electron chi connectivity index (χ3n) is 3.67. The molecule has 138 valence electrons. The minimum Gasteiger partial charge on any atom is -0.326 e. The molecule has 0 aliphatic heterocycles. The third-order valence-corrected chi connectivity index (χ3v) is 6.03. The second kappa shape index (κ2) is 9.07. The van der Waals surface area contributed by atoms with Gasteiger partial charge in [0, 0.05) is 17.7 Å². The second-order valence-corrected chi connectivity index (χ2v) is 8.42. The molecule has 3 aromatic rings. The highest BCUT2D eigenvalue weighted by atomic mass is 32.2. The summed E-state index contributed by atoms with van der Waals surface area (Å²) >= 11 is 8.13. The Balaban J connectivity index is 1.63. The van der Waals surface area contributed by atoms with Crippen molar-refractivity contribution in [3.63, 3.8) is 0 Å². The van der Waals surface area contributed by atoms with Gasteiger partial charge < -0.3 is 5.32 Å². The molecule has 0 bridgehead atoms. The van der Waals surface area contributed by atoms with E-state index in [1.54, 1.807) is 35.9 Å². The Morgan fingerprint density at radius 3 is 2.52 bits per heavy atom. The maximum absolute atomic E-state index is 12.4. The van der Waals surface area contributed by atoms with Crippen LogP contribution in [0.5, 0.6) is 0 Å². The summed E-state index contributed by atoms with van der Waals surface area (Å²) in [5.41, 5.74) is 2.19. The van der Waals surface area contributed by atoms with Crippen LogP contribution in [0.15, 0.2) is 58.9 Å². The molecule has 0 radical (unpaired) electrons. The number of Topliss-reactive ketones (excluding diaryl/α,β-unsaturated/α-hetero) is 1. The number of amides is 1. The van der Waals surface area contributed by atoms with Crippen LogP contribution in [0.1, 0.15) is 23.7 Å². The topological polar surface area (TPSA) is 64.0 Å². The molecule has 2 aromatic carbocycles. The van der Waals surface area contributed by atoms with Gasteiger partial charge in [-0.1, -0.05) is 48.2 Å². The summed E-state index contributed by atoms with van der Waals surface area (Å²) in [7, 11) is 0. The van der Waals surface area contributed by atoms with Crippen LogP contribution in [-0.4, -0.2) is 27.2 Å². The summed E-state index contributed by atoms with van der Waals surface area (Å²) < 4.78 is 3.11. The van der Waals surface area contributed by atoms with Gasteiger partial charge in [-0.15, -0.1) is 5.10 Å². The van der Waals surface area contributed by atoms with Crippen molar-refractivity contribution in [1.29, 1.82) is 0 Å². The van der Waals surface area contributed by atoms with Crippen LogP contribution in [0.3, 0.4) is 0 Å². The summed E-state index contributed by atoms with van der Waals surface area (Å²) in [6.45, 7) is 1.79. The van der Waals surface area contributed by atoms with Crippen LogP contribution in [0.2, 0.25) is 0 Å². The predicted octanol–water partition coefficient (Wildman–Crippen LogP) is 4.99. The number of hydrogen-bond donors (Lipinski definition) is 1. The first-order valence-electron chi connectivity index (χ1n) is 8.28. The highest BCUT2D eigenvalue weighted by molar-refractivity contribution is 8.01. The van der Waals surface area contributed by atoms with Crippen molar-refractivity contribution in [2.24, 2.45) is 0 Å². The fourth-order valence-corrected chi connectivity index (χ4v) is 4.51. The number of para-hydroxylation sites is 1. The fourth-order valence-electron chi connectivity index (χ4n) is 2.25. The Morgan fingerprint density at radius 2 is 1.85 bits per heavy atom. The molecule has 0 saturated heterocycles. The number of carbonyl (C=O) groups excluding carboxylic acids is 2. The number of nitrogens with one attached hydrogen (secondary N) is 1. The Hall–Kier alpha value is -2.29. The molecule has 0 saturated carbocycles. The van der Waals surface area contributed by atoms with Crippen molar-refractivity contribution < 1.29 is 9.59 Å². The summed E-state index contributed by atoms with van der Waals surface area (Å²) in [6, 6.07) is 16.6. The zero-order valence-corrected chi connectivity index (χ0v) is 17.0. The average Bonchev–Trinajstić information content (AvgIpc) is 3.08. The molecule has 1 amide bonds. The van der Waals surface area contributed by atoms with Crippen LogP contribution in [0, 0.1) is 3.95 Å². The highest BCUT2D eigenvalue weighted by Crippen LogP contribution is 2.25. The van der Waals surface area contributed by atoms with Gasteiger partial charge >= 0.3 is 0 Å². The molecule has 27 heavy (non-hydrogen) atoms. The minimum atomic E-state index is -0.0557. The van der Waals surface area contributed by atoms with Crippen LogP contribution >= 0.6 is 35.3 Å². The summed E-state index contributed by atoms with van der Waals surface area (Å²) in [4.78, 5) is 23.8. The van der Waals surface area contributed by atoms with Crippen LogP contribution in [-0.2, 0) is 4.79 Å². The van der Waals surface area contributed by atoms with Gasteiger partial charge in [-0.3, -0.25) is 9.59 Å². The molecule has 1 aromatic heterocycles. The molecular formula is C19H17N3O2S3. The maximum Gasteiger partial charge on any atom is 0.224 e. The zero-order chi connectivity index (χ0) is 19.2. The molecule has 0 fully saturated rings. The van der Waals surface area contributed by atoms with Crippen LogP contribution in [0.4, 0.5) is 5.69 Å². The van der Waals surface area contributed by atoms with Crippen LogP contribution in [0.25, 0.3) is 5.69 Å². The molecule has 1 heterocycles. The number of anilines is 1. The van der Waals surface area contributed by atoms with E-state index in [0.717, 1.165) is 10.0 Å². The van der Waals surface area contributed by atoms with Crippen LogP contribution < -0.4 is 5.32 Å². The second-order valence-electron chi connectivity index (χ2n) is 5.57. The molecule has 1 N–H and O–H groups in total. The van der Waals surface area contributed by atoms with E-state index in [-0.39, 0.29) is 17.4 Å². The van der Waals surface area contributed by atoms with Gasteiger partial charge in [-0.05, 0) is 48.6 Å². The Labute approximate surface area is 170 Å². The van der Waals surface area contributed by atoms with Crippen molar-refractivity contribution in [1.82, 2.24) is 9.78 Å². The molecule has 8 heteroatoms. The molecule has 0 aliphatic rings. The Morgan fingerprint density at radius 1 is 1.15 bits per heavy atom. The number of benzene rings is 2. The van der Waals surface area contributed by atoms with E-state index >= 15 is 0 Å². The van der Waals surface area contributed by atoms with E-state index in [2.05, 4.69) is 10.4 Å². The number of aromatic nitrogens is 2. The van der Waals surface area contributed by atoms with Crippen molar-refractivity contribution in [3.8, 4) is 5.69 Å².